The van der Waals surface area contributed by atoms with Gasteiger partial charge in [0.15, 0.2) is 0 Å². The molecule has 3 aliphatic carbocycles. The number of carbonyl (C=O) groups excluding carboxylic acids is 2. The molecule has 2 saturated carbocycles. The minimum Gasteiger partial charge on any atom is -0.354 e. The first-order valence-electron chi connectivity index (χ1n) is 13.9. The van der Waals surface area contributed by atoms with Gasteiger partial charge in [0.2, 0.25) is 11.8 Å². The summed E-state index contributed by atoms with van der Waals surface area (Å²) in [6.45, 7) is 2.61. The molecule has 6 unspecified atom stereocenters. The SMILES string of the molecule is CC1CC2CC(C(N)CNC(=O)C3CCCCc4ccc(F)cc43)CC(C(=O)Nc3ccncc3)(C1)C2. The van der Waals surface area contributed by atoms with Crippen molar-refractivity contribution >= 4 is 17.5 Å². The Bertz CT molecular complexity index is 1120. The summed E-state index contributed by atoms with van der Waals surface area (Å²) < 4.78 is 14.0. The lowest BCUT2D eigenvalue weighted by molar-refractivity contribution is -0.134. The molecule has 37 heavy (non-hydrogen) atoms. The van der Waals surface area contributed by atoms with Crippen molar-refractivity contribution in [3.05, 3.63) is 59.7 Å². The molecule has 2 aromatic rings. The van der Waals surface area contributed by atoms with E-state index in [1.165, 1.54) is 12.1 Å². The average molecular weight is 507 g/mol. The lowest BCUT2D eigenvalue weighted by Gasteiger charge is -2.50. The highest BCUT2D eigenvalue weighted by molar-refractivity contribution is 5.95. The third-order valence-corrected chi connectivity index (χ3v) is 8.97. The number of nitrogens with one attached hydrogen (secondary N) is 2. The number of pyridine rings is 1. The van der Waals surface area contributed by atoms with Crippen molar-refractivity contribution in [1.82, 2.24) is 10.3 Å². The van der Waals surface area contributed by atoms with E-state index in [-0.39, 0.29) is 35.5 Å². The van der Waals surface area contributed by atoms with Gasteiger partial charge in [0, 0.05) is 30.7 Å². The summed E-state index contributed by atoms with van der Waals surface area (Å²) in [6.07, 6.45) is 11.5. The van der Waals surface area contributed by atoms with Gasteiger partial charge < -0.3 is 16.4 Å². The Morgan fingerprint density at radius 2 is 1.95 bits per heavy atom. The van der Waals surface area contributed by atoms with Crippen LogP contribution in [0.25, 0.3) is 0 Å². The number of anilines is 1. The predicted molar refractivity (Wildman–Crippen MR) is 142 cm³/mol. The maximum Gasteiger partial charge on any atom is 0.230 e. The highest BCUT2D eigenvalue weighted by Gasteiger charge is 2.50. The van der Waals surface area contributed by atoms with Crippen LogP contribution in [0.15, 0.2) is 42.7 Å². The number of halogens is 1. The van der Waals surface area contributed by atoms with Crippen LogP contribution in [0.1, 0.15) is 75.3 Å². The molecule has 6 nitrogen and oxygen atoms in total. The Morgan fingerprint density at radius 3 is 2.76 bits per heavy atom. The van der Waals surface area contributed by atoms with Crippen LogP contribution in [-0.2, 0) is 16.0 Å². The average Bonchev–Trinajstić information content (AvgIpc) is 3.09. The number of benzene rings is 1. The number of amides is 2. The molecule has 2 amide bonds. The van der Waals surface area contributed by atoms with E-state index in [9.17, 15) is 14.0 Å². The topological polar surface area (TPSA) is 97.1 Å². The normalized spacial score (nSPS) is 29.9. The van der Waals surface area contributed by atoms with Gasteiger partial charge in [-0.2, -0.15) is 0 Å². The quantitative estimate of drug-likeness (QED) is 0.483. The van der Waals surface area contributed by atoms with Gasteiger partial charge in [0.1, 0.15) is 5.82 Å². The van der Waals surface area contributed by atoms with Gasteiger partial charge in [-0.3, -0.25) is 14.6 Å². The lowest BCUT2D eigenvalue weighted by atomic mass is 9.55. The first-order valence-corrected chi connectivity index (χ1v) is 13.9. The van der Waals surface area contributed by atoms with Crippen LogP contribution in [0.2, 0.25) is 0 Å². The van der Waals surface area contributed by atoms with Crippen molar-refractivity contribution in [3.8, 4) is 0 Å². The van der Waals surface area contributed by atoms with Crippen LogP contribution >= 0.6 is 0 Å². The number of nitrogens with two attached hydrogens (primary N) is 1. The Hall–Kier alpha value is -2.80. The van der Waals surface area contributed by atoms with E-state index in [0.29, 0.717) is 18.4 Å². The van der Waals surface area contributed by atoms with Crippen LogP contribution in [0.4, 0.5) is 10.1 Å². The fourth-order valence-corrected chi connectivity index (χ4v) is 7.42. The number of aromatic nitrogens is 1. The molecule has 4 N–H and O–H groups in total. The molecule has 6 atom stereocenters. The number of rotatable bonds is 6. The molecule has 1 aromatic carbocycles. The lowest BCUT2D eigenvalue weighted by Crippen LogP contribution is -2.52. The Balaban J connectivity index is 1.25. The molecule has 0 saturated heterocycles. The summed E-state index contributed by atoms with van der Waals surface area (Å²) in [5.74, 6) is 0.484. The van der Waals surface area contributed by atoms with E-state index in [4.69, 9.17) is 5.73 Å². The van der Waals surface area contributed by atoms with Gasteiger partial charge in [-0.25, -0.2) is 4.39 Å². The van der Waals surface area contributed by atoms with Gasteiger partial charge in [0.25, 0.3) is 0 Å². The van der Waals surface area contributed by atoms with Crippen molar-refractivity contribution in [2.45, 2.75) is 76.7 Å². The number of aryl methyl sites for hydroxylation is 1. The highest BCUT2D eigenvalue weighted by atomic mass is 19.1. The number of carbonyl (C=O) groups is 2. The molecule has 7 heteroatoms. The summed E-state index contributed by atoms with van der Waals surface area (Å²) in [4.78, 5) is 30.9. The number of nitrogens with zero attached hydrogens (tertiary/aromatic N) is 1. The zero-order valence-electron chi connectivity index (χ0n) is 21.7. The largest absolute Gasteiger partial charge is 0.354 e. The summed E-state index contributed by atoms with van der Waals surface area (Å²) >= 11 is 0. The summed E-state index contributed by atoms with van der Waals surface area (Å²) in [5, 5.41) is 6.23. The van der Waals surface area contributed by atoms with Crippen LogP contribution in [0.3, 0.4) is 0 Å². The molecule has 0 aliphatic heterocycles. The van der Waals surface area contributed by atoms with Crippen molar-refractivity contribution in [2.24, 2.45) is 28.9 Å². The standard InChI is InChI=1S/C30H39FN4O2/c1-19-12-20-13-22(17-30(15-19,16-20)29(37)35-24-8-10-33-11-9-24)27(32)18-34-28(36)25-5-3-2-4-21-6-7-23(31)14-26(21)25/h6-11,14,19-20,22,25,27H,2-5,12-13,15-18,32H2,1H3,(H,34,36)(H,33,35,37). The Labute approximate surface area is 219 Å². The maximum absolute atomic E-state index is 14.0. The smallest absolute Gasteiger partial charge is 0.230 e. The fraction of sp³-hybridized carbons (Fsp3) is 0.567. The zero-order chi connectivity index (χ0) is 26.0. The number of hydrogen-bond acceptors (Lipinski definition) is 4. The zero-order valence-corrected chi connectivity index (χ0v) is 21.7. The first-order chi connectivity index (χ1) is 17.8. The summed E-state index contributed by atoms with van der Waals surface area (Å²) in [5.41, 5.74) is 8.93. The Kier molecular flexibility index (Phi) is 7.61. The summed E-state index contributed by atoms with van der Waals surface area (Å²) in [6, 6.07) is 8.23. The van der Waals surface area contributed by atoms with E-state index in [1.807, 2.05) is 18.2 Å². The molecule has 2 bridgehead atoms. The van der Waals surface area contributed by atoms with Gasteiger partial charge in [-0.05, 0) is 105 Å². The fourth-order valence-electron chi connectivity index (χ4n) is 7.42. The Morgan fingerprint density at radius 1 is 1.14 bits per heavy atom. The van der Waals surface area contributed by atoms with Crippen LogP contribution < -0.4 is 16.4 Å². The molecule has 3 aliphatic rings. The van der Waals surface area contributed by atoms with E-state index in [0.717, 1.165) is 74.6 Å². The highest BCUT2D eigenvalue weighted by Crippen LogP contribution is 2.53. The maximum atomic E-state index is 14.0. The second-order valence-electron chi connectivity index (χ2n) is 11.8. The minimum absolute atomic E-state index is 0.0704. The molecular weight excluding hydrogens is 467 g/mol. The second kappa shape index (κ2) is 10.9. The van der Waals surface area contributed by atoms with Gasteiger partial charge in [-0.1, -0.05) is 19.4 Å². The van der Waals surface area contributed by atoms with Crippen molar-refractivity contribution in [3.63, 3.8) is 0 Å². The third kappa shape index (κ3) is 5.71. The first kappa shape index (κ1) is 25.8. The van der Waals surface area contributed by atoms with E-state index in [2.05, 4.69) is 22.5 Å². The van der Waals surface area contributed by atoms with Crippen molar-refractivity contribution in [2.75, 3.05) is 11.9 Å². The minimum atomic E-state index is -0.437. The number of fused-ring (bicyclic) bond motifs is 3. The third-order valence-electron chi connectivity index (χ3n) is 8.97. The van der Waals surface area contributed by atoms with E-state index in [1.54, 1.807) is 12.4 Å². The van der Waals surface area contributed by atoms with Crippen molar-refractivity contribution in [1.29, 1.82) is 0 Å². The van der Waals surface area contributed by atoms with Gasteiger partial charge in [0.05, 0.1) is 11.3 Å². The van der Waals surface area contributed by atoms with Gasteiger partial charge >= 0.3 is 0 Å². The van der Waals surface area contributed by atoms with Crippen LogP contribution in [0, 0.1) is 29.0 Å². The van der Waals surface area contributed by atoms with E-state index < -0.39 is 5.41 Å². The van der Waals surface area contributed by atoms with E-state index >= 15 is 0 Å². The number of hydrogen-bond donors (Lipinski definition) is 3. The molecule has 5 rings (SSSR count). The predicted octanol–water partition coefficient (Wildman–Crippen LogP) is 4.95. The molecule has 0 radical (unpaired) electrons. The molecule has 2 fully saturated rings. The second-order valence-corrected chi connectivity index (χ2v) is 11.8. The molecule has 1 aromatic heterocycles. The van der Waals surface area contributed by atoms with Crippen molar-refractivity contribution < 1.29 is 14.0 Å². The van der Waals surface area contributed by atoms with Crippen LogP contribution in [0.5, 0.6) is 0 Å². The monoisotopic (exact) mass is 506 g/mol. The molecule has 1 heterocycles. The summed E-state index contributed by atoms with van der Waals surface area (Å²) in [7, 11) is 0. The molecular formula is C30H39FN4O2. The van der Waals surface area contributed by atoms with Gasteiger partial charge in [-0.15, -0.1) is 0 Å². The molecule has 0 spiro atoms. The van der Waals surface area contributed by atoms with Crippen LogP contribution in [-0.4, -0.2) is 29.4 Å². The molecule has 198 valence electrons.